The number of benzene rings is 1. The van der Waals surface area contributed by atoms with Crippen molar-refractivity contribution in [2.75, 3.05) is 19.7 Å². The number of hydrogen-bond donors (Lipinski definition) is 1. The zero-order valence-electron chi connectivity index (χ0n) is 16.9. The summed E-state index contributed by atoms with van der Waals surface area (Å²) in [6.07, 6.45) is 1.77. The van der Waals surface area contributed by atoms with Gasteiger partial charge in [0.15, 0.2) is 0 Å². The number of β-amino-alcohol motifs (C(OH)–C–C–N with tert-alkyl or cyclic N) is 1. The van der Waals surface area contributed by atoms with Crippen molar-refractivity contribution >= 4 is 5.91 Å². The molecule has 0 radical (unpaired) electrons. The van der Waals surface area contributed by atoms with Crippen LogP contribution in [-0.4, -0.2) is 51.2 Å². The van der Waals surface area contributed by atoms with Gasteiger partial charge in [0, 0.05) is 24.4 Å². The molecule has 2 atom stereocenters. The Morgan fingerprint density at radius 3 is 2.61 bits per heavy atom. The molecule has 6 nitrogen and oxygen atoms in total. The van der Waals surface area contributed by atoms with Crippen molar-refractivity contribution in [3.63, 3.8) is 0 Å². The fraction of sp³-hybridized carbons (Fsp3) is 0.500. The molecule has 0 saturated carbocycles. The Morgan fingerprint density at radius 1 is 1.25 bits per heavy atom. The van der Waals surface area contributed by atoms with Crippen molar-refractivity contribution in [3.05, 3.63) is 53.3 Å². The number of nitrogens with zero attached hydrogens (tertiary/aromatic N) is 3. The number of likely N-dealkylation sites (tertiary alicyclic amines) is 1. The van der Waals surface area contributed by atoms with E-state index in [1.54, 1.807) is 4.90 Å². The van der Waals surface area contributed by atoms with Crippen molar-refractivity contribution < 1.29 is 14.6 Å². The molecule has 28 heavy (non-hydrogen) atoms. The molecule has 1 aromatic heterocycles. The highest BCUT2D eigenvalue weighted by Gasteiger charge is 2.36. The highest BCUT2D eigenvalue weighted by Crippen LogP contribution is 2.25. The number of aliphatic hydroxyl groups is 1. The summed E-state index contributed by atoms with van der Waals surface area (Å²) in [5, 5.41) is 11.0. The Morgan fingerprint density at radius 2 is 1.93 bits per heavy atom. The van der Waals surface area contributed by atoms with Crippen LogP contribution in [0.4, 0.5) is 0 Å². The molecule has 0 aliphatic carbocycles. The summed E-state index contributed by atoms with van der Waals surface area (Å²) in [7, 11) is 0. The van der Waals surface area contributed by atoms with Gasteiger partial charge in [-0.2, -0.15) is 0 Å². The normalized spacial score (nSPS) is 20.6. The van der Waals surface area contributed by atoms with Crippen molar-refractivity contribution in [1.29, 1.82) is 0 Å². The zero-order chi connectivity index (χ0) is 20.1. The van der Waals surface area contributed by atoms with E-state index in [0.717, 1.165) is 23.4 Å². The van der Waals surface area contributed by atoms with Gasteiger partial charge in [-0.3, -0.25) is 4.79 Å². The number of rotatable bonds is 6. The lowest BCUT2D eigenvalue weighted by molar-refractivity contribution is -0.140. The highest BCUT2D eigenvalue weighted by molar-refractivity contribution is 5.77. The van der Waals surface area contributed by atoms with E-state index in [9.17, 15) is 9.90 Å². The fourth-order valence-electron chi connectivity index (χ4n) is 3.69. The predicted molar refractivity (Wildman–Crippen MR) is 107 cm³/mol. The van der Waals surface area contributed by atoms with E-state index < -0.39 is 5.60 Å². The first-order valence-electron chi connectivity index (χ1n) is 9.85. The molecule has 1 saturated heterocycles. The lowest BCUT2D eigenvalue weighted by Crippen LogP contribution is -2.53. The third-order valence-corrected chi connectivity index (χ3v) is 5.19. The van der Waals surface area contributed by atoms with Crippen molar-refractivity contribution in [2.45, 2.75) is 51.6 Å². The smallest absolute Gasteiger partial charge is 0.316 e. The molecule has 150 valence electrons. The average Bonchev–Trinajstić information content (AvgIpc) is 2.66. The first-order chi connectivity index (χ1) is 13.3. The third kappa shape index (κ3) is 5.29. The average molecular weight is 383 g/mol. The van der Waals surface area contributed by atoms with Crippen LogP contribution in [0.1, 0.15) is 49.1 Å². The summed E-state index contributed by atoms with van der Waals surface area (Å²) in [6.45, 7) is 6.84. The minimum Gasteiger partial charge on any atom is -0.460 e. The van der Waals surface area contributed by atoms with E-state index in [2.05, 4.69) is 16.9 Å². The van der Waals surface area contributed by atoms with E-state index in [0.29, 0.717) is 19.4 Å². The Bertz CT molecular complexity index is 792. The molecule has 1 fully saturated rings. The molecule has 1 aliphatic rings. The molecule has 1 aromatic carbocycles. The largest absolute Gasteiger partial charge is 0.460 e. The molecule has 1 aliphatic heterocycles. The molecular weight excluding hydrogens is 354 g/mol. The number of ether oxygens (including phenoxy) is 1. The van der Waals surface area contributed by atoms with Crippen LogP contribution < -0.4 is 4.74 Å². The standard InChI is InChI=1S/C22H29N3O3/c1-16(19-8-5-4-6-9-19)12-20(26)25-11-7-10-22(27,14-25)15-28-21-23-17(2)13-18(3)24-21/h4-6,8-9,13,16,27H,7,10-12,14-15H2,1-3H3. The van der Waals surface area contributed by atoms with Crippen LogP contribution in [0.2, 0.25) is 0 Å². The van der Waals surface area contributed by atoms with Crippen LogP contribution in [-0.2, 0) is 4.79 Å². The first-order valence-corrected chi connectivity index (χ1v) is 9.85. The number of carbonyl (C=O) groups is 1. The van der Waals surface area contributed by atoms with E-state index in [1.807, 2.05) is 50.2 Å². The predicted octanol–water partition coefficient (Wildman–Crippen LogP) is 3.02. The second-order valence-electron chi connectivity index (χ2n) is 7.88. The minimum atomic E-state index is -1.08. The maximum absolute atomic E-state index is 12.8. The van der Waals surface area contributed by atoms with Gasteiger partial charge in [0.1, 0.15) is 12.2 Å². The van der Waals surface area contributed by atoms with Gasteiger partial charge in [-0.25, -0.2) is 9.97 Å². The summed E-state index contributed by atoms with van der Waals surface area (Å²) >= 11 is 0. The second kappa shape index (κ2) is 8.69. The number of piperidine rings is 1. The Kier molecular flexibility index (Phi) is 6.29. The minimum absolute atomic E-state index is 0.0668. The number of amides is 1. The van der Waals surface area contributed by atoms with Gasteiger partial charge < -0.3 is 14.7 Å². The number of aryl methyl sites for hydroxylation is 2. The third-order valence-electron chi connectivity index (χ3n) is 5.19. The van der Waals surface area contributed by atoms with Gasteiger partial charge in [-0.05, 0) is 44.2 Å². The van der Waals surface area contributed by atoms with Crippen molar-refractivity contribution in [2.24, 2.45) is 0 Å². The molecule has 2 heterocycles. The number of carbonyl (C=O) groups excluding carboxylic acids is 1. The van der Waals surface area contributed by atoms with E-state index in [-0.39, 0.29) is 31.0 Å². The lowest BCUT2D eigenvalue weighted by Gasteiger charge is -2.39. The second-order valence-corrected chi connectivity index (χ2v) is 7.88. The molecule has 2 unspecified atom stereocenters. The quantitative estimate of drug-likeness (QED) is 0.830. The fourth-order valence-corrected chi connectivity index (χ4v) is 3.69. The zero-order valence-corrected chi connectivity index (χ0v) is 16.9. The Labute approximate surface area is 166 Å². The summed E-state index contributed by atoms with van der Waals surface area (Å²) in [5.74, 6) is 0.209. The Balaban J connectivity index is 1.58. The van der Waals surface area contributed by atoms with Gasteiger partial charge >= 0.3 is 6.01 Å². The van der Waals surface area contributed by atoms with Crippen molar-refractivity contribution in [3.8, 4) is 6.01 Å². The molecule has 6 heteroatoms. The maximum Gasteiger partial charge on any atom is 0.316 e. The summed E-state index contributed by atoms with van der Waals surface area (Å²) in [5.41, 5.74) is 1.72. The summed E-state index contributed by atoms with van der Waals surface area (Å²) < 4.78 is 5.68. The van der Waals surface area contributed by atoms with Gasteiger partial charge in [0.25, 0.3) is 0 Å². The van der Waals surface area contributed by atoms with Crippen LogP contribution in [0.25, 0.3) is 0 Å². The summed E-state index contributed by atoms with van der Waals surface area (Å²) in [6, 6.07) is 12.2. The van der Waals surface area contributed by atoms with Crippen LogP contribution in [0.15, 0.2) is 36.4 Å². The molecule has 3 rings (SSSR count). The monoisotopic (exact) mass is 383 g/mol. The van der Waals surface area contributed by atoms with Crippen LogP contribution in [0.5, 0.6) is 6.01 Å². The molecule has 1 N–H and O–H groups in total. The van der Waals surface area contributed by atoms with E-state index in [4.69, 9.17) is 4.74 Å². The Hall–Kier alpha value is -2.47. The van der Waals surface area contributed by atoms with E-state index >= 15 is 0 Å². The first kappa shape index (κ1) is 20.3. The summed E-state index contributed by atoms with van der Waals surface area (Å²) in [4.78, 5) is 23.0. The molecule has 0 spiro atoms. The van der Waals surface area contributed by atoms with Gasteiger partial charge in [-0.1, -0.05) is 37.3 Å². The highest BCUT2D eigenvalue weighted by atomic mass is 16.5. The number of aromatic nitrogens is 2. The molecular formula is C22H29N3O3. The SMILES string of the molecule is Cc1cc(C)nc(OCC2(O)CCCN(C(=O)CC(C)c3ccccc3)C2)n1. The van der Waals surface area contributed by atoms with Crippen LogP contribution in [0.3, 0.4) is 0 Å². The molecule has 1 amide bonds. The topological polar surface area (TPSA) is 75.6 Å². The lowest BCUT2D eigenvalue weighted by atomic mass is 9.92. The van der Waals surface area contributed by atoms with E-state index in [1.165, 1.54) is 0 Å². The van der Waals surface area contributed by atoms with Crippen molar-refractivity contribution in [1.82, 2.24) is 14.9 Å². The van der Waals surface area contributed by atoms with Gasteiger partial charge in [0.2, 0.25) is 5.91 Å². The van der Waals surface area contributed by atoms with Gasteiger partial charge in [0.05, 0.1) is 6.54 Å². The van der Waals surface area contributed by atoms with Crippen LogP contribution >= 0.6 is 0 Å². The maximum atomic E-state index is 12.8. The molecule has 0 bridgehead atoms. The molecule has 2 aromatic rings. The van der Waals surface area contributed by atoms with Gasteiger partial charge in [-0.15, -0.1) is 0 Å². The number of hydrogen-bond acceptors (Lipinski definition) is 5. The van der Waals surface area contributed by atoms with Crippen LogP contribution in [0, 0.1) is 13.8 Å².